The molecule has 2 heterocycles. The van der Waals surface area contributed by atoms with Crippen molar-refractivity contribution >= 4 is 11.9 Å². The Labute approximate surface area is 138 Å². The molecular weight excluding hydrogens is 310 g/mol. The summed E-state index contributed by atoms with van der Waals surface area (Å²) in [6.07, 6.45) is 3.54. The van der Waals surface area contributed by atoms with Gasteiger partial charge in [-0.1, -0.05) is 12.1 Å². The van der Waals surface area contributed by atoms with Gasteiger partial charge in [-0.3, -0.25) is 10.00 Å². The molecular formula is C17H19N3O4. The van der Waals surface area contributed by atoms with E-state index in [1.165, 1.54) is 0 Å². The van der Waals surface area contributed by atoms with Gasteiger partial charge in [0.05, 0.1) is 11.8 Å². The Balaban J connectivity index is 1.72. The van der Waals surface area contributed by atoms with Crippen LogP contribution in [-0.2, 0) is 6.54 Å². The van der Waals surface area contributed by atoms with Crippen molar-refractivity contribution in [2.45, 2.75) is 25.3 Å². The maximum Gasteiger partial charge on any atom is 0.354 e. The van der Waals surface area contributed by atoms with Crippen LogP contribution in [0.5, 0.6) is 0 Å². The topological polar surface area (TPSA) is 107 Å². The molecule has 2 aromatic rings. The number of aromatic carboxylic acids is 2. The van der Waals surface area contributed by atoms with Crippen molar-refractivity contribution < 1.29 is 19.8 Å². The van der Waals surface area contributed by atoms with E-state index in [4.69, 9.17) is 10.2 Å². The van der Waals surface area contributed by atoms with Crippen LogP contribution in [0.1, 0.15) is 50.7 Å². The number of carbonyl (C=O) groups is 2. The minimum Gasteiger partial charge on any atom is -0.478 e. The number of aromatic nitrogens is 2. The monoisotopic (exact) mass is 329 g/mol. The molecule has 0 bridgehead atoms. The van der Waals surface area contributed by atoms with E-state index in [2.05, 4.69) is 15.1 Å². The molecule has 1 saturated heterocycles. The normalized spacial score (nSPS) is 18.4. The summed E-state index contributed by atoms with van der Waals surface area (Å²) in [6, 6.07) is 7.06. The standard InChI is InChI=1S/C17H19N3O4/c21-16(22)12-4-1-3-11(7-12)13-5-2-6-20(9-13)10-14-8-18-19-15(14)17(23)24/h1,3-4,7-8,13H,2,5-6,9-10H2,(H,18,19)(H,21,22)(H,23,24)/t13-/m0/s1. The second-order valence-corrected chi connectivity index (χ2v) is 6.08. The highest BCUT2D eigenvalue weighted by atomic mass is 16.4. The number of hydrogen-bond acceptors (Lipinski definition) is 4. The number of hydrogen-bond donors (Lipinski definition) is 3. The highest BCUT2D eigenvalue weighted by Gasteiger charge is 2.24. The molecule has 0 spiro atoms. The SMILES string of the molecule is O=C(O)c1cccc([C@H]2CCCN(Cc3cn[nH]c3C(=O)O)C2)c1. The second kappa shape index (κ2) is 6.84. The van der Waals surface area contributed by atoms with E-state index in [-0.39, 0.29) is 11.6 Å². The molecule has 7 nitrogen and oxygen atoms in total. The number of H-pyrrole nitrogens is 1. The van der Waals surface area contributed by atoms with Crippen LogP contribution in [-0.4, -0.2) is 50.3 Å². The first-order valence-electron chi connectivity index (χ1n) is 7.85. The number of piperidine rings is 1. The van der Waals surface area contributed by atoms with Crippen molar-refractivity contribution in [2.24, 2.45) is 0 Å². The molecule has 0 amide bonds. The van der Waals surface area contributed by atoms with Gasteiger partial charge in [0.15, 0.2) is 0 Å². The lowest BCUT2D eigenvalue weighted by molar-refractivity contribution is 0.0680. The summed E-state index contributed by atoms with van der Waals surface area (Å²) in [7, 11) is 0. The number of rotatable bonds is 5. The summed E-state index contributed by atoms with van der Waals surface area (Å²) in [5, 5.41) is 24.6. The maximum atomic E-state index is 11.2. The number of carboxylic acid groups (broad SMARTS) is 2. The molecule has 1 fully saturated rings. The smallest absolute Gasteiger partial charge is 0.354 e. The summed E-state index contributed by atoms with van der Waals surface area (Å²) in [5.41, 5.74) is 2.12. The lowest BCUT2D eigenvalue weighted by atomic mass is 9.89. The second-order valence-electron chi connectivity index (χ2n) is 6.08. The fraction of sp³-hybridized carbons (Fsp3) is 0.353. The van der Waals surface area contributed by atoms with Crippen LogP contribution in [0.25, 0.3) is 0 Å². The molecule has 7 heteroatoms. The van der Waals surface area contributed by atoms with Gasteiger partial charge in [-0.2, -0.15) is 5.10 Å². The third-order valence-corrected chi connectivity index (χ3v) is 4.44. The Morgan fingerprint density at radius 3 is 2.88 bits per heavy atom. The summed E-state index contributed by atoms with van der Waals surface area (Å²) >= 11 is 0. The number of likely N-dealkylation sites (tertiary alicyclic amines) is 1. The van der Waals surface area contributed by atoms with Gasteiger partial charge in [-0.15, -0.1) is 0 Å². The predicted molar refractivity (Wildman–Crippen MR) is 86.2 cm³/mol. The number of carboxylic acids is 2. The molecule has 0 radical (unpaired) electrons. The van der Waals surface area contributed by atoms with Crippen LogP contribution in [0.3, 0.4) is 0 Å². The van der Waals surface area contributed by atoms with Gasteiger partial charge >= 0.3 is 11.9 Å². The predicted octanol–water partition coefficient (Wildman–Crippen LogP) is 2.19. The van der Waals surface area contributed by atoms with Crippen LogP contribution in [0, 0.1) is 0 Å². The van der Waals surface area contributed by atoms with Crippen LogP contribution in [0.15, 0.2) is 30.5 Å². The van der Waals surface area contributed by atoms with Crippen LogP contribution in [0.2, 0.25) is 0 Å². The van der Waals surface area contributed by atoms with Gasteiger partial charge in [0.1, 0.15) is 5.69 Å². The average molecular weight is 329 g/mol. The Kier molecular flexibility index (Phi) is 4.61. The highest BCUT2D eigenvalue weighted by Crippen LogP contribution is 2.28. The Bertz CT molecular complexity index is 756. The zero-order chi connectivity index (χ0) is 17.1. The van der Waals surface area contributed by atoms with E-state index >= 15 is 0 Å². The minimum atomic E-state index is -1.01. The fourth-order valence-electron chi connectivity index (χ4n) is 3.25. The van der Waals surface area contributed by atoms with Gasteiger partial charge < -0.3 is 10.2 Å². The lowest BCUT2D eigenvalue weighted by Gasteiger charge is -2.33. The average Bonchev–Trinajstić information content (AvgIpc) is 3.03. The molecule has 3 rings (SSSR count). The molecule has 3 N–H and O–H groups in total. The van der Waals surface area contributed by atoms with Crippen molar-refractivity contribution in [3.05, 3.63) is 52.8 Å². The van der Waals surface area contributed by atoms with Gasteiger partial charge in [-0.25, -0.2) is 9.59 Å². The van der Waals surface area contributed by atoms with E-state index in [0.29, 0.717) is 17.7 Å². The number of nitrogens with one attached hydrogen (secondary N) is 1. The van der Waals surface area contributed by atoms with E-state index in [0.717, 1.165) is 31.5 Å². The van der Waals surface area contributed by atoms with E-state index < -0.39 is 11.9 Å². The Morgan fingerprint density at radius 2 is 2.12 bits per heavy atom. The van der Waals surface area contributed by atoms with Crippen molar-refractivity contribution in [3.63, 3.8) is 0 Å². The van der Waals surface area contributed by atoms with Crippen molar-refractivity contribution in [1.82, 2.24) is 15.1 Å². The molecule has 24 heavy (non-hydrogen) atoms. The third-order valence-electron chi connectivity index (χ3n) is 4.44. The third kappa shape index (κ3) is 3.46. The molecule has 1 aliphatic rings. The highest BCUT2D eigenvalue weighted by molar-refractivity contribution is 5.88. The summed E-state index contributed by atoms with van der Waals surface area (Å²) in [4.78, 5) is 24.5. The van der Waals surface area contributed by atoms with Crippen molar-refractivity contribution in [3.8, 4) is 0 Å². The van der Waals surface area contributed by atoms with Gasteiger partial charge in [0.2, 0.25) is 0 Å². The van der Waals surface area contributed by atoms with Crippen LogP contribution >= 0.6 is 0 Å². The largest absolute Gasteiger partial charge is 0.478 e. The number of aromatic amines is 1. The summed E-state index contributed by atoms with van der Waals surface area (Å²) in [5.74, 6) is -1.68. The minimum absolute atomic E-state index is 0.130. The van der Waals surface area contributed by atoms with E-state index in [1.54, 1.807) is 24.4 Å². The van der Waals surface area contributed by atoms with Crippen LogP contribution < -0.4 is 0 Å². The molecule has 0 aliphatic carbocycles. The van der Waals surface area contributed by atoms with Gasteiger partial charge in [-0.05, 0) is 43.0 Å². The first-order chi connectivity index (χ1) is 11.5. The van der Waals surface area contributed by atoms with E-state index in [9.17, 15) is 9.59 Å². The van der Waals surface area contributed by atoms with Crippen LogP contribution in [0.4, 0.5) is 0 Å². The maximum absolute atomic E-state index is 11.2. The Hall–Kier alpha value is -2.67. The van der Waals surface area contributed by atoms with Crippen molar-refractivity contribution in [2.75, 3.05) is 13.1 Å². The zero-order valence-electron chi connectivity index (χ0n) is 13.1. The molecule has 126 valence electrons. The molecule has 1 aromatic carbocycles. The molecule has 0 unspecified atom stereocenters. The summed E-state index contributed by atoms with van der Waals surface area (Å²) < 4.78 is 0. The first-order valence-corrected chi connectivity index (χ1v) is 7.85. The Morgan fingerprint density at radius 1 is 1.29 bits per heavy atom. The first kappa shape index (κ1) is 16.2. The molecule has 1 aliphatic heterocycles. The molecule has 0 saturated carbocycles. The van der Waals surface area contributed by atoms with Gasteiger partial charge in [0, 0.05) is 18.7 Å². The molecule has 1 atom stereocenters. The lowest BCUT2D eigenvalue weighted by Crippen LogP contribution is -2.34. The quantitative estimate of drug-likeness (QED) is 0.776. The summed E-state index contributed by atoms with van der Waals surface area (Å²) in [6.45, 7) is 2.18. The van der Waals surface area contributed by atoms with E-state index in [1.807, 2.05) is 6.07 Å². The molecule has 1 aromatic heterocycles. The van der Waals surface area contributed by atoms with Crippen molar-refractivity contribution in [1.29, 1.82) is 0 Å². The number of nitrogens with zero attached hydrogens (tertiary/aromatic N) is 2. The van der Waals surface area contributed by atoms with Gasteiger partial charge in [0.25, 0.3) is 0 Å². The zero-order valence-corrected chi connectivity index (χ0v) is 13.1. The fourth-order valence-corrected chi connectivity index (χ4v) is 3.25. The number of benzene rings is 1.